The fraction of sp³-hybridized carbons (Fsp3) is 0.692. The molecule has 1 aromatic rings. The predicted molar refractivity (Wildman–Crippen MR) is 67.4 cm³/mol. The summed E-state index contributed by atoms with van der Waals surface area (Å²) in [7, 11) is 0. The van der Waals surface area contributed by atoms with Crippen molar-refractivity contribution in [2.75, 3.05) is 13.1 Å². The van der Waals surface area contributed by atoms with E-state index in [0.29, 0.717) is 0 Å². The molecular formula is C13H21NS. The second-order valence-electron chi connectivity index (χ2n) is 4.82. The van der Waals surface area contributed by atoms with E-state index < -0.39 is 0 Å². The maximum atomic E-state index is 3.59. The predicted octanol–water partition coefficient (Wildman–Crippen LogP) is 3.32. The average molecular weight is 223 g/mol. The molecule has 2 heteroatoms. The van der Waals surface area contributed by atoms with Gasteiger partial charge in [0, 0.05) is 4.88 Å². The molecule has 0 aromatic carbocycles. The monoisotopic (exact) mass is 223 g/mol. The molecule has 1 fully saturated rings. The molecule has 1 aliphatic carbocycles. The molecule has 0 spiro atoms. The van der Waals surface area contributed by atoms with E-state index in [0.717, 1.165) is 18.4 Å². The zero-order valence-electron chi connectivity index (χ0n) is 9.54. The molecule has 0 bridgehead atoms. The van der Waals surface area contributed by atoms with Crippen molar-refractivity contribution in [1.82, 2.24) is 5.32 Å². The lowest BCUT2D eigenvalue weighted by Crippen LogP contribution is -2.23. The van der Waals surface area contributed by atoms with E-state index in [1.807, 2.05) is 11.3 Å². The normalized spacial score (nSPS) is 25.9. The highest BCUT2D eigenvalue weighted by Crippen LogP contribution is 2.29. The highest BCUT2D eigenvalue weighted by atomic mass is 32.1. The first-order valence-electron chi connectivity index (χ1n) is 6.07. The lowest BCUT2D eigenvalue weighted by atomic mass is 10.1. The molecule has 0 saturated heterocycles. The van der Waals surface area contributed by atoms with Crippen LogP contribution in [-0.4, -0.2) is 13.1 Å². The van der Waals surface area contributed by atoms with Crippen LogP contribution in [-0.2, 0) is 6.42 Å². The van der Waals surface area contributed by atoms with E-state index in [1.54, 1.807) is 0 Å². The van der Waals surface area contributed by atoms with Crippen LogP contribution in [0.3, 0.4) is 0 Å². The number of thiophene rings is 1. The van der Waals surface area contributed by atoms with Crippen molar-refractivity contribution in [2.24, 2.45) is 11.8 Å². The number of hydrogen-bond acceptors (Lipinski definition) is 2. The van der Waals surface area contributed by atoms with Gasteiger partial charge in [-0.1, -0.05) is 19.4 Å². The Hall–Kier alpha value is -0.340. The summed E-state index contributed by atoms with van der Waals surface area (Å²) in [4.78, 5) is 1.50. The molecule has 1 aliphatic rings. The van der Waals surface area contributed by atoms with Crippen LogP contribution < -0.4 is 5.32 Å². The van der Waals surface area contributed by atoms with Crippen molar-refractivity contribution in [1.29, 1.82) is 0 Å². The van der Waals surface area contributed by atoms with Crippen LogP contribution in [0.25, 0.3) is 0 Å². The third-order valence-electron chi connectivity index (χ3n) is 3.36. The van der Waals surface area contributed by atoms with Gasteiger partial charge in [0.2, 0.25) is 0 Å². The van der Waals surface area contributed by atoms with Gasteiger partial charge in [-0.3, -0.25) is 0 Å². The van der Waals surface area contributed by atoms with Crippen LogP contribution in [0.2, 0.25) is 0 Å². The summed E-state index contributed by atoms with van der Waals surface area (Å²) in [5.74, 6) is 1.91. The van der Waals surface area contributed by atoms with Gasteiger partial charge in [0.15, 0.2) is 0 Å². The third-order valence-corrected chi connectivity index (χ3v) is 4.30. The zero-order chi connectivity index (χ0) is 10.5. The van der Waals surface area contributed by atoms with Crippen LogP contribution >= 0.6 is 11.3 Å². The SMILES string of the molecule is CC1CCC(CNCCc2cccs2)C1. The molecule has 0 radical (unpaired) electrons. The van der Waals surface area contributed by atoms with Crippen molar-refractivity contribution in [3.63, 3.8) is 0 Å². The van der Waals surface area contributed by atoms with E-state index >= 15 is 0 Å². The Labute approximate surface area is 96.9 Å². The van der Waals surface area contributed by atoms with Gasteiger partial charge < -0.3 is 5.32 Å². The first-order chi connectivity index (χ1) is 7.34. The van der Waals surface area contributed by atoms with Crippen LogP contribution in [0, 0.1) is 11.8 Å². The van der Waals surface area contributed by atoms with Gasteiger partial charge in [0.1, 0.15) is 0 Å². The smallest absolute Gasteiger partial charge is 0.00578 e. The van der Waals surface area contributed by atoms with Gasteiger partial charge in [-0.25, -0.2) is 0 Å². The summed E-state index contributed by atoms with van der Waals surface area (Å²) in [5, 5.41) is 5.75. The van der Waals surface area contributed by atoms with Gasteiger partial charge >= 0.3 is 0 Å². The molecule has 0 aliphatic heterocycles. The van der Waals surface area contributed by atoms with E-state index in [-0.39, 0.29) is 0 Å². The molecule has 2 rings (SSSR count). The van der Waals surface area contributed by atoms with Crippen molar-refractivity contribution in [3.8, 4) is 0 Å². The van der Waals surface area contributed by atoms with Crippen molar-refractivity contribution < 1.29 is 0 Å². The summed E-state index contributed by atoms with van der Waals surface area (Å²) in [5.41, 5.74) is 0. The average Bonchev–Trinajstić information content (AvgIpc) is 2.84. The molecule has 2 atom stereocenters. The molecule has 15 heavy (non-hydrogen) atoms. The summed E-state index contributed by atoms with van der Waals surface area (Å²) in [6.45, 7) is 4.76. The van der Waals surface area contributed by atoms with Crippen LogP contribution in [0.1, 0.15) is 31.1 Å². The Morgan fingerprint density at radius 1 is 1.47 bits per heavy atom. The van der Waals surface area contributed by atoms with Crippen molar-refractivity contribution in [2.45, 2.75) is 32.6 Å². The van der Waals surface area contributed by atoms with Gasteiger partial charge in [-0.2, -0.15) is 0 Å². The number of rotatable bonds is 5. The van der Waals surface area contributed by atoms with E-state index in [2.05, 4.69) is 29.8 Å². The summed E-state index contributed by atoms with van der Waals surface area (Å²) in [6, 6.07) is 4.36. The molecule has 84 valence electrons. The fourth-order valence-electron chi connectivity index (χ4n) is 2.48. The minimum Gasteiger partial charge on any atom is -0.316 e. The van der Waals surface area contributed by atoms with E-state index in [1.165, 1.54) is 37.1 Å². The van der Waals surface area contributed by atoms with E-state index in [9.17, 15) is 0 Å². The molecule has 2 unspecified atom stereocenters. The van der Waals surface area contributed by atoms with Crippen LogP contribution in [0.4, 0.5) is 0 Å². The molecule has 0 amide bonds. The molecule has 1 nitrogen and oxygen atoms in total. The van der Waals surface area contributed by atoms with Gasteiger partial charge in [0.05, 0.1) is 0 Å². The highest BCUT2D eigenvalue weighted by molar-refractivity contribution is 7.09. The van der Waals surface area contributed by atoms with Crippen LogP contribution in [0.5, 0.6) is 0 Å². The zero-order valence-corrected chi connectivity index (χ0v) is 10.4. The molecule has 1 aromatic heterocycles. The topological polar surface area (TPSA) is 12.0 Å². The van der Waals surface area contributed by atoms with Gasteiger partial charge in [-0.15, -0.1) is 11.3 Å². The second-order valence-corrected chi connectivity index (χ2v) is 5.85. The Morgan fingerprint density at radius 2 is 2.40 bits per heavy atom. The minimum absolute atomic E-state index is 0.948. The van der Waals surface area contributed by atoms with Crippen LogP contribution in [0.15, 0.2) is 17.5 Å². The fourth-order valence-corrected chi connectivity index (χ4v) is 3.19. The summed E-state index contributed by atoms with van der Waals surface area (Å²) in [6.07, 6.45) is 5.51. The quantitative estimate of drug-likeness (QED) is 0.755. The molecule has 1 heterocycles. The highest BCUT2D eigenvalue weighted by Gasteiger charge is 2.20. The van der Waals surface area contributed by atoms with E-state index in [4.69, 9.17) is 0 Å². The minimum atomic E-state index is 0.948. The van der Waals surface area contributed by atoms with Crippen molar-refractivity contribution in [3.05, 3.63) is 22.4 Å². The van der Waals surface area contributed by atoms with Gasteiger partial charge in [-0.05, 0) is 55.6 Å². The maximum Gasteiger partial charge on any atom is 0.00578 e. The first kappa shape index (κ1) is 11.2. The second kappa shape index (κ2) is 5.66. The Bertz CT molecular complexity index is 268. The number of nitrogens with one attached hydrogen (secondary N) is 1. The number of hydrogen-bond donors (Lipinski definition) is 1. The molecular weight excluding hydrogens is 202 g/mol. The van der Waals surface area contributed by atoms with Crippen molar-refractivity contribution >= 4 is 11.3 Å². The lowest BCUT2D eigenvalue weighted by Gasteiger charge is -2.10. The standard InChI is InChI=1S/C13H21NS/c1-11-4-5-12(9-11)10-14-7-6-13-3-2-8-15-13/h2-3,8,11-12,14H,4-7,9-10H2,1H3. The lowest BCUT2D eigenvalue weighted by molar-refractivity contribution is 0.473. The Kier molecular flexibility index (Phi) is 4.21. The maximum absolute atomic E-state index is 3.59. The Balaban J connectivity index is 1.55. The first-order valence-corrected chi connectivity index (χ1v) is 6.95. The molecule has 1 saturated carbocycles. The summed E-state index contributed by atoms with van der Waals surface area (Å²) >= 11 is 1.87. The largest absolute Gasteiger partial charge is 0.316 e. The summed E-state index contributed by atoms with van der Waals surface area (Å²) < 4.78 is 0. The Morgan fingerprint density at radius 3 is 3.07 bits per heavy atom. The van der Waals surface area contributed by atoms with Gasteiger partial charge in [0.25, 0.3) is 0 Å². The molecule has 1 N–H and O–H groups in total. The third kappa shape index (κ3) is 3.62.